The Hall–Kier alpha value is -1.42. The second kappa shape index (κ2) is 5.96. The predicted octanol–water partition coefficient (Wildman–Crippen LogP) is 1.49. The van der Waals surface area contributed by atoms with Gasteiger partial charge in [-0.1, -0.05) is 6.07 Å². The smallest absolute Gasteiger partial charge is 0.239 e. The number of nitrogens with zero attached hydrogens (tertiary/aromatic N) is 2. The molecule has 2 rings (SSSR count). The number of pyridine rings is 1. The third-order valence-corrected chi connectivity index (χ3v) is 3.37. The van der Waals surface area contributed by atoms with Crippen molar-refractivity contribution in [1.29, 1.82) is 0 Å². The molecule has 1 saturated heterocycles. The number of nitrogens with one attached hydrogen (secondary N) is 1. The van der Waals surface area contributed by atoms with Gasteiger partial charge in [-0.25, -0.2) is 0 Å². The van der Waals surface area contributed by atoms with Crippen molar-refractivity contribution in [2.45, 2.75) is 39.3 Å². The van der Waals surface area contributed by atoms with Gasteiger partial charge in [0.15, 0.2) is 0 Å². The van der Waals surface area contributed by atoms with Crippen molar-refractivity contribution in [3.8, 4) is 0 Å². The Balaban J connectivity index is 1.82. The van der Waals surface area contributed by atoms with Gasteiger partial charge in [-0.3, -0.25) is 9.78 Å². The lowest BCUT2D eigenvalue weighted by Gasteiger charge is -2.21. The highest BCUT2D eigenvalue weighted by molar-refractivity contribution is 5.81. The number of carbonyl (C=O) groups excluding carboxylic acids is 1. The molecule has 1 aliphatic heterocycles. The Morgan fingerprint density at radius 1 is 1.44 bits per heavy atom. The fourth-order valence-electron chi connectivity index (χ4n) is 2.17. The fraction of sp³-hybridized carbons (Fsp3) is 0.571. The van der Waals surface area contributed by atoms with Gasteiger partial charge in [0.05, 0.1) is 6.04 Å². The summed E-state index contributed by atoms with van der Waals surface area (Å²) in [4.78, 5) is 18.3. The van der Waals surface area contributed by atoms with Crippen molar-refractivity contribution in [3.63, 3.8) is 0 Å². The molecule has 1 unspecified atom stereocenters. The Morgan fingerprint density at radius 3 is 2.78 bits per heavy atom. The minimum absolute atomic E-state index is 0.121. The van der Waals surface area contributed by atoms with Gasteiger partial charge >= 0.3 is 0 Å². The molecule has 0 saturated carbocycles. The van der Waals surface area contributed by atoms with E-state index in [4.69, 9.17) is 0 Å². The Morgan fingerprint density at radius 2 is 2.17 bits per heavy atom. The lowest BCUT2D eigenvalue weighted by molar-refractivity contribution is -0.131. The highest BCUT2D eigenvalue weighted by Crippen LogP contribution is 2.09. The van der Waals surface area contributed by atoms with Crippen molar-refractivity contribution >= 4 is 5.91 Å². The average Bonchev–Trinajstić information content (AvgIpc) is 2.90. The standard InChI is InChI=1S/C14H21N3O/c1-11-5-6-13(9-15-11)10-16-12(2)14(18)17-7-3-4-8-17/h5-6,9,12,16H,3-4,7-8,10H2,1-2H3. The third kappa shape index (κ3) is 3.29. The Kier molecular flexibility index (Phi) is 4.31. The molecule has 1 amide bonds. The first-order chi connectivity index (χ1) is 8.66. The zero-order valence-electron chi connectivity index (χ0n) is 11.1. The molecule has 18 heavy (non-hydrogen) atoms. The van der Waals surface area contributed by atoms with Gasteiger partial charge in [0.1, 0.15) is 0 Å². The van der Waals surface area contributed by atoms with Gasteiger partial charge in [-0.05, 0) is 38.3 Å². The fourth-order valence-corrected chi connectivity index (χ4v) is 2.17. The summed E-state index contributed by atoms with van der Waals surface area (Å²) in [6, 6.07) is 3.91. The predicted molar refractivity (Wildman–Crippen MR) is 71.1 cm³/mol. The molecule has 0 spiro atoms. The molecule has 1 N–H and O–H groups in total. The maximum absolute atomic E-state index is 12.1. The van der Waals surface area contributed by atoms with Gasteiger partial charge in [-0.2, -0.15) is 0 Å². The number of carbonyl (C=O) groups is 1. The van der Waals surface area contributed by atoms with E-state index in [-0.39, 0.29) is 11.9 Å². The zero-order valence-corrected chi connectivity index (χ0v) is 11.1. The van der Waals surface area contributed by atoms with Crippen LogP contribution >= 0.6 is 0 Å². The van der Waals surface area contributed by atoms with Crippen molar-refractivity contribution in [2.24, 2.45) is 0 Å². The summed E-state index contributed by atoms with van der Waals surface area (Å²) in [5, 5.41) is 3.26. The summed E-state index contributed by atoms with van der Waals surface area (Å²) in [7, 11) is 0. The summed E-state index contributed by atoms with van der Waals surface area (Å²) in [6.07, 6.45) is 4.13. The van der Waals surface area contributed by atoms with Gasteiger partial charge in [0.25, 0.3) is 0 Å². The van der Waals surface area contributed by atoms with E-state index >= 15 is 0 Å². The van der Waals surface area contributed by atoms with Gasteiger partial charge < -0.3 is 10.2 Å². The van der Waals surface area contributed by atoms with E-state index < -0.39 is 0 Å². The Bertz CT molecular complexity index is 396. The summed E-state index contributed by atoms with van der Waals surface area (Å²) in [5.41, 5.74) is 2.13. The summed E-state index contributed by atoms with van der Waals surface area (Å²) < 4.78 is 0. The molecule has 1 atom stereocenters. The summed E-state index contributed by atoms with van der Waals surface area (Å²) >= 11 is 0. The van der Waals surface area contributed by atoms with Crippen LogP contribution in [0.1, 0.15) is 31.0 Å². The summed E-state index contributed by atoms with van der Waals surface area (Å²) in [5.74, 6) is 0.215. The van der Waals surface area contributed by atoms with E-state index in [1.807, 2.05) is 37.1 Å². The third-order valence-electron chi connectivity index (χ3n) is 3.37. The quantitative estimate of drug-likeness (QED) is 0.877. The molecule has 0 aliphatic carbocycles. The molecule has 1 fully saturated rings. The average molecular weight is 247 g/mol. The second-order valence-electron chi connectivity index (χ2n) is 4.94. The van der Waals surface area contributed by atoms with Crippen LogP contribution in [-0.2, 0) is 11.3 Å². The Labute approximate surface area is 108 Å². The van der Waals surface area contributed by atoms with Crippen LogP contribution < -0.4 is 5.32 Å². The van der Waals surface area contributed by atoms with Crippen LogP contribution in [0, 0.1) is 6.92 Å². The minimum Gasteiger partial charge on any atom is -0.341 e. The van der Waals surface area contributed by atoms with Crippen molar-refractivity contribution < 1.29 is 4.79 Å². The number of hydrogen-bond donors (Lipinski definition) is 1. The van der Waals surface area contributed by atoms with E-state index in [2.05, 4.69) is 10.3 Å². The van der Waals surface area contributed by atoms with E-state index in [9.17, 15) is 4.79 Å². The van der Waals surface area contributed by atoms with E-state index in [1.54, 1.807) is 0 Å². The highest BCUT2D eigenvalue weighted by Gasteiger charge is 2.22. The molecule has 0 aromatic carbocycles. The summed E-state index contributed by atoms with van der Waals surface area (Å²) in [6.45, 7) is 6.42. The molecular weight excluding hydrogens is 226 g/mol. The van der Waals surface area contributed by atoms with Crippen LogP contribution in [0.2, 0.25) is 0 Å². The monoisotopic (exact) mass is 247 g/mol. The molecule has 1 aliphatic rings. The molecule has 4 heteroatoms. The van der Waals surface area contributed by atoms with E-state index in [0.717, 1.165) is 37.2 Å². The second-order valence-corrected chi connectivity index (χ2v) is 4.94. The number of likely N-dealkylation sites (tertiary alicyclic amines) is 1. The molecule has 1 aromatic rings. The molecule has 2 heterocycles. The maximum atomic E-state index is 12.1. The first-order valence-corrected chi connectivity index (χ1v) is 6.60. The van der Waals surface area contributed by atoms with E-state index in [0.29, 0.717) is 6.54 Å². The first kappa shape index (κ1) is 13.0. The lowest BCUT2D eigenvalue weighted by atomic mass is 10.2. The number of amides is 1. The number of aryl methyl sites for hydroxylation is 1. The van der Waals surface area contributed by atoms with Crippen molar-refractivity contribution in [2.75, 3.05) is 13.1 Å². The van der Waals surface area contributed by atoms with Crippen LogP contribution in [0.3, 0.4) is 0 Å². The highest BCUT2D eigenvalue weighted by atomic mass is 16.2. The van der Waals surface area contributed by atoms with Crippen LogP contribution in [0.25, 0.3) is 0 Å². The number of aromatic nitrogens is 1. The molecule has 0 radical (unpaired) electrons. The van der Waals surface area contributed by atoms with Crippen LogP contribution in [0.5, 0.6) is 0 Å². The first-order valence-electron chi connectivity index (χ1n) is 6.60. The molecule has 98 valence electrons. The van der Waals surface area contributed by atoms with Gasteiger partial charge in [0, 0.05) is 31.5 Å². The zero-order chi connectivity index (χ0) is 13.0. The minimum atomic E-state index is -0.121. The molecule has 4 nitrogen and oxygen atoms in total. The van der Waals surface area contributed by atoms with E-state index in [1.165, 1.54) is 0 Å². The molecule has 1 aromatic heterocycles. The number of hydrogen-bond acceptors (Lipinski definition) is 3. The van der Waals surface area contributed by atoms with Crippen molar-refractivity contribution in [1.82, 2.24) is 15.2 Å². The van der Waals surface area contributed by atoms with Crippen LogP contribution in [0.4, 0.5) is 0 Å². The maximum Gasteiger partial charge on any atom is 0.239 e. The molecular formula is C14H21N3O. The van der Waals surface area contributed by atoms with Crippen molar-refractivity contribution in [3.05, 3.63) is 29.6 Å². The van der Waals surface area contributed by atoms with Gasteiger partial charge in [-0.15, -0.1) is 0 Å². The topological polar surface area (TPSA) is 45.2 Å². The van der Waals surface area contributed by atoms with Crippen LogP contribution in [0.15, 0.2) is 18.3 Å². The largest absolute Gasteiger partial charge is 0.341 e. The normalized spacial score (nSPS) is 16.9. The number of rotatable bonds is 4. The molecule has 0 bridgehead atoms. The SMILES string of the molecule is Cc1ccc(CNC(C)C(=O)N2CCCC2)cn1. The van der Waals surface area contributed by atoms with Gasteiger partial charge in [0.2, 0.25) is 5.91 Å². The lowest BCUT2D eigenvalue weighted by Crippen LogP contribution is -2.43. The van der Waals surface area contributed by atoms with Crippen LogP contribution in [-0.4, -0.2) is 34.9 Å².